The summed E-state index contributed by atoms with van der Waals surface area (Å²) in [4.78, 5) is 29.2. The molecule has 1 amide bonds. The number of nitrogens with zero attached hydrogens (tertiary/aromatic N) is 3. The van der Waals surface area contributed by atoms with Crippen molar-refractivity contribution in [2.75, 3.05) is 11.1 Å². The van der Waals surface area contributed by atoms with Gasteiger partial charge in [0, 0.05) is 28.6 Å². The predicted molar refractivity (Wildman–Crippen MR) is 100 cm³/mol. The van der Waals surface area contributed by atoms with E-state index in [-0.39, 0.29) is 17.2 Å². The van der Waals surface area contributed by atoms with Crippen molar-refractivity contribution in [2.45, 2.75) is 12.7 Å². The van der Waals surface area contributed by atoms with Gasteiger partial charge in [0.2, 0.25) is 5.91 Å². The largest absolute Gasteiger partial charge is 0.325 e. The lowest BCUT2D eigenvalue weighted by molar-refractivity contribution is -0.113. The molecule has 0 aliphatic heterocycles. The number of aryl methyl sites for hydroxylation is 1. The number of hydrogen-bond donors (Lipinski definition) is 1. The molecule has 0 saturated heterocycles. The fraction of sp³-hybridized carbons (Fsp3) is 0.176. The molecule has 0 radical (unpaired) electrons. The fourth-order valence-corrected chi connectivity index (χ4v) is 3.86. The maximum Gasteiger partial charge on any atom is 0.258 e. The molecule has 0 bridgehead atoms. The molecule has 8 heteroatoms. The molecule has 3 aromatic rings. The molecular weight excluding hydrogens is 356 g/mol. The van der Waals surface area contributed by atoms with E-state index in [4.69, 9.17) is 5.26 Å². The van der Waals surface area contributed by atoms with E-state index in [1.165, 1.54) is 29.2 Å². The Hall–Kier alpha value is -2.63. The van der Waals surface area contributed by atoms with Crippen LogP contribution in [0.15, 0.2) is 40.5 Å². The molecule has 0 aliphatic rings. The van der Waals surface area contributed by atoms with Crippen molar-refractivity contribution >= 4 is 39.7 Å². The number of benzene rings is 1. The van der Waals surface area contributed by atoms with Gasteiger partial charge in [-0.05, 0) is 31.2 Å². The molecule has 0 unspecified atom stereocenters. The average Bonchev–Trinajstić information content (AvgIpc) is 2.97. The second kappa shape index (κ2) is 7.51. The van der Waals surface area contributed by atoms with E-state index in [9.17, 15) is 9.59 Å². The van der Waals surface area contributed by atoms with Gasteiger partial charge in [-0.25, -0.2) is 4.98 Å². The number of carbonyl (C=O) groups excluding carboxylic acids is 1. The second-order valence-corrected chi connectivity index (χ2v) is 7.13. The number of aromatic nitrogens is 2. The quantitative estimate of drug-likeness (QED) is 0.746. The van der Waals surface area contributed by atoms with Gasteiger partial charge in [-0.1, -0.05) is 0 Å². The van der Waals surface area contributed by atoms with Crippen molar-refractivity contribution in [1.82, 2.24) is 9.38 Å². The first kappa shape index (κ1) is 17.2. The maximum absolute atomic E-state index is 12.1. The van der Waals surface area contributed by atoms with Crippen molar-refractivity contribution in [1.29, 1.82) is 5.26 Å². The molecule has 126 valence electrons. The summed E-state index contributed by atoms with van der Waals surface area (Å²) >= 11 is 2.82. The minimum atomic E-state index is -0.139. The maximum atomic E-state index is 12.1. The summed E-state index contributed by atoms with van der Waals surface area (Å²) in [6.45, 7) is 1.87. The summed E-state index contributed by atoms with van der Waals surface area (Å²) in [6, 6.07) is 10.2. The molecule has 1 N–H and O–H groups in total. The number of thiazole rings is 1. The molecule has 2 heterocycles. The summed E-state index contributed by atoms with van der Waals surface area (Å²) in [5, 5.41) is 13.4. The molecule has 1 aromatic carbocycles. The van der Waals surface area contributed by atoms with Crippen molar-refractivity contribution in [3.8, 4) is 6.07 Å². The molecule has 0 atom stereocenters. The Kier molecular flexibility index (Phi) is 5.16. The highest BCUT2D eigenvalue weighted by Gasteiger charge is 2.08. The molecule has 0 fully saturated rings. The van der Waals surface area contributed by atoms with Crippen LogP contribution in [0.5, 0.6) is 0 Å². The van der Waals surface area contributed by atoms with Crippen LogP contribution in [-0.4, -0.2) is 21.0 Å². The Morgan fingerprint density at radius 1 is 1.40 bits per heavy atom. The number of rotatable bonds is 5. The van der Waals surface area contributed by atoms with Crippen molar-refractivity contribution in [3.05, 3.63) is 63.0 Å². The van der Waals surface area contributed by atoms with Gasteiger partial charge in [-0.2, -0.15) is 5.26 Å². The first-order chi connectivity index (χ1) is 12.1. The third-order valence-corrected chi connectivity index (χ3v) is 5.32. The van der Waals surface area contributed by atoms with Crippen molar-refractivity contribution < 1.29 is 4.79 Å². The van der Waals surface area contributed by atoms with Crippen LogP contribution in [0.3, 0.4) is 0 Å². The van der Waals surface area contributed by atoms with Gasteiger partial charge in [0.1, 0.15) is 0 Å². The van der Waals surface area contributed by atoms with Crippen LogP contribution in [-0.2, 0) is 10.5 Å². The Morgan fingerprint density at radius 3 is 2.88 bits per heavy atom. The zero-order valence-corrected chi connectivity index (χ0v) is 15.0. The third-order valence-electron chi connectivity index (χ3n) is 3.41. The predicted octanol–water partition coefficient (Wildman–Crippen LogP) is 2.81. The first-order valence-corrected chi connectivity index (χ1v) is 9.45. The Morgan fingerprint density at radius 2 is 2.16 bits per heavy atom. The van der Waals surface area contributed by atoms with E-state index < -0.39 is 0 Å². The van der Waals surface area contributed by atoms with Crippen LogP contribution < -0.4 is 10.9 Å². The molecule has 0 spiro atoms. The standard InChI is InChI=1S/C17H14N4O2S2/c1-11-8-25-17-20-14(6-16(23)21(11)17)9-24-10-15(22)19-13-4-2-12(7-18)3-5-13/h2-6,8H,9-10H2,1H3,(H,19,22). The summed E-state index contributed by atoms with van der Waals surface area (Å²) in [7, 11) is 0. The van der Waals surface area contributed by atoms with Crippen molar-refractivity contribution in [3.63, 3.8) is 0 Å². The monoisotopic (exact) mass is 370 g/mol. The lowest BCUT2D eigenvalue weighted by atomic mass is 10.2. The van der Waals surface area contributed by atoms with E-state index in [1.54, 1.807) is 28.7 Å². The van der Waals surface area contributed by atoms with Crippen LogP contribution in [0.2, 0.25) is 0 Å². The normalized spacial score (nSPS) is 10.6. The number of anilines is 1. The number of amides is 1. The van der Waals surface area contributed by atoms with Crippen molar-refractivity contribution in [2.24, 2.45) is 0 Å². The van der Waals surface area contributed by atoms with Gasteiger partial charge < -0.3 is 5.32 Å². The topological polar surface area (TPSA) is 87.3 Å². The summed E-state index contributed by atoms with van der Waals surface area (Å²) < 4.78 is 1.58. The molecule has 2 aromatic heterocycles. The minimum absolute atomic E-state index is 0.0959. The molecule has 0 aliphatic carbocycles. The van der Waals surface area contributed by atoms with E-state index in [1.807, 2.05) is 18.4 Å². The highest BCUT2D eigenvalue weighted by atomic mass is 32.2. The van der Waals surface area contributed by atoms with Crippen LogP contribution in [0.4, 0.5) is 5.69 Å². The van der Waals surface area contributed by atoms with Gasteiger partial charge in [-0.3, -0.25) is 14.0 Å². The number of nitriles is 1. The lowest BCUT2D eigenvalue weighted by Crippen LogP contribution is -2.16. The third kappa shape index (κ3) is 4.07. The van der Waals surface area contributed by atoms with Gasteiger partial charge in [0.15, 0.2) is 4.96 Å². The molecule has 3 rings (SSSR count). The van der Waals surface area contributed by atoms with E-state index in [2.05, 4.69) is 10.3 Å². The fourth-order valence-electron chi connectivity index (χ4n) is 2.25. The highest BCUT2D eigenvalue weighted by molar-refractivity contribution is 7.99. The molecule has 6 nitrogen and oxygen atoms in total. The highest BCUT2D eigenvalue weighted by Crippen LogP contribution is 2.15. The smallest absolute Gasteiger partial charge is 0.258 e. The van der Waals surface area contributed by atoms with Gasteiger partial charge >= 0.3 is 0 Å². The minimum Gasteiger partial charge on any atom is -0.325 e. The van der Waals surface area contributed by atoms with Gasteiger partial charge in [0.25, 0.3) is 5.56 Å². The van der Waals surface area contributed by atoms with E-state index in [0.29, 0.717) is 27.7 Å². The van der Waals surface area contributed by atoms with Crippen LogP contribution in [0.25, 0.3) is 4.96 Å². The summed E-state index contributed by atoms with van der Waals surface area (Å²) in [5.74, 6) is 0.605. The average molecular weight is 370 g/mol. The Balaban J connectivity index is 1.56. The number of thioether (sulfide) groups is 1. The van der Waals surface area contributed by atoms with E-state index in [0.717, 1.165) is 5.69 Å². The molecule has 0 saturated carbocycles. The van der Waals surface area contributed by atoms with Crippen LogP contribution in [0, 0.1) is 18.3 Å². The SMILES string of the molecule is Cc1csc2nc(CSCC(=O)Nc3ccc(C#N)cc3)cc(=O)n12. The Labute approximate surface area is 152 Å². The van der Waals surface area contributed by atoms with Gasteiger partial charge in [-0.15, -0.1) is 23.1 Å². The number of fused-ring (bicyclic) bond motifs is 1. The van der Waals surface area contributed by atoms with Crippen LogP contribution >= 0.6 is 23.1 Å². The first-order valence-electron chi connectivity index (χ1n) is 7.41. The lowest BCUT2D eigenvalue weighted by Gasteiger charge is -2.05. The van der Waals surface area contributed by atoms with E-state index >= 15 is 0 Å². The van der Waals surface area contributed by atoms with Gasteiger partial charge in [0.05, 0.1) is 23.1 Å². The summed E-state index contributed by atoms with van der Waals surface area (Å²) in [6.07, 6.45) is 0. The Bertz CT molecular complexity index is 1020. The van der Waals surface area contributed by atoms with Crippen LogP contribution in [0.1, 0.15) is 17.0 Å². The number of hydrogen-bond acceptors (Lipinski definition) is 6. The number of nitrogens with one attached hydrogen (secondary N) is 1. The molecule has 25 heavy (non-hydrogen) atoms. The number of carbonyl (C=O) groups is 1. The zero-order valence-electron chi connectivity index (χ0n) is 13.4. The zero-order chi connectivity index (χ0) is 17.8. The second-order valence-electron chi connectivity index (χ2n) is 5.31. The summed E-state index contributed by atoms with van der Waals surface area (Å²) in [5.41, 5.74) is 2.64. The molecular formula is C17H14N4O2S2.